The molecule has 0 amide bonds. The lowest BCUT2D eigenvalue weighted by atomic mass is 10.1. The lowest BCUT2D eigenvalue weighted by Crippen LogP contribution is -2.27. The Morgan fingerprint density at radius 3 is 2.25 bits per heavy atom. The van der Waals surface area contributed by atoms with Gasteiger partial charge in [0.2, 0.25) is 0 Å². The van der Waals surface area contributed by atoms with Crippen LogP contribution in [0.1, 0.15) is 13.3 Å². The predicted molar refractivity (Wildman–Crippen MR) is 61.6 cm³/mol. The molecule has 0 spiro atoms. The van der Waals surface area contributed by atoms with Gasteiger partial charge < -0.3 is 14.9 Å². The Morgan fingerprint density at radius 2 is 1.88 bits per heavy atom. The Bertz CT molecular complexity index is 312. The first-order valence-corrected chi connectivity index (χ1v) is 8.89. The first-order valence-electron chi connectivity index (χ1n) is 4.25. The summed E-state index contributed by atoms with van der Waals surface area (Å²) in [6.07, 6.45) is 0.0750. The smallest absolute Gasteiger partial charge is 0.389 e. The summed E-state index contributed by atoms with van der Waals surface area (Å²) in [5.74, 6) is 0. The summed E-state index contributed by atoms with van der Waals surface area (Å²) in [6.45, 7) is 2.01. The van der Waals surface area contributed by atoms with Gasteiger partial charge in [-0.15, -0.1) is 0 Å². The molecule has 16 heavy (non-hydrogen) atoms. The number of hydrogen-bond donors (Lipinski definition) is 3. The van der Waals surface area contributed by atoms with Crippen LogP contribution < -0.4 is 0 Å². The molecule has 0 aliphatic rings. The van der Waals surface area contributed by atoms with E-state index in [9.17, 15) is 14.2 Å². The van der Waals surface area contributed by atoms with Gasteiger partial charge in [0, 0.05) is 18.4 Å². The van der Waals surface area contributed by atoms with Crippen LogP contribution in [0.5, 0.6) is 0 Å². The monoisotopic (exact) mass is 340 g/mol. The first kappa shape index (κ1) is 16.7. The van der Waals surface area contributed by atoms with Crippen LogP contribution in [0.15, 0.2) is 0 Å². The van der Waals surface area contributed by atoms with E-state index >= 15 is 0 Å². The number of rotatable bonds is 7. The molecule has 0 aromatic rings. The number of hydrogen-bond acceptors (Lipinski definition) is 5. The fraction of sp³-hybridized carbons (Fsp3) is 1.00. The molecule has 3 N–H and O–H groups in total. The van der Waals surface area contributed by atoms with Gasteiger partial charge in [-0.1, -0.05) is 15.9 Å². The van der Waals surface area contributed by atoms with Gasteiger partial charge in [-0.2, -0.15) is 0 Å². The molecule has 0 fully saturated rings. The minimum atomic E-state index is -4.55. The summed E-state index contributed by atoms with van der Waals surface area (Å²) in [5.41, 5.74) is -1.09. The van der Waals surface area contributed by atoms with E-state index in [0.717, 1.165) is 6.66 Å². The second-order valence-corrected chi connectivity index (χ2v) is 7.58. The van der Waals surface area contributed by atoms with Gasteiger partial charge in [0.05, 0.1) is 12.2 Å². The second kappa shape index (κ2) is 6.07. The van der Waals surface area contributed by atoms with E-state index in [0.29, 0.717) is 0 Å². The van der Waals surface area contributed by atoms with Gasteiger partial charge in [-0.05, 0) is 6.92 Å². The number of phosphoric ester groups is 1. The Balaban J connectivity index is 4.11. The third-order valence-corrected chi connectivity index (χ3v) is 5.19. The van der Waals surface area contributed by atoms with E-state index < -0.39 is 21.0 Å². The van der Waals surface area contributed by atoms with Gasteiger partial charge in [-0.25, -0.2) is 8.88 Å². The molecule has 0 saturated heterocycles. The fourth-order valence-electron chi connectivity index (χ4n) is 0.663. The highest BCUT2D eigenvalue weighted by Crippen LogP contribution is 2.57. The SMILES string of the molecule is CC(O)(CBr)CCOP(=O)(O)OP(C)(=O)O. The Morgan fingerprint density at radius 1 is 1.38 bits per heavy atom. The quantitative estimate of drug-likeness (QED) is 0.475. The van der Waals surface area contributed by atoms with Crippen molar-refractivity contribution in [1.29, 1.82) is 0 Å². The summed E-state index contributed by atoms with van der Waals surface area (Å²) in [7, 11) is -8.64. The average Bonchev–Trinajstić information content (AvgIpc) is 1.98. The molecule has 0 aliphatic carbocycles. The molecule has 7 nitrogen and oxygen atoms in total. The van der Waals surface area contributed by atoms with Gasteiger partial charge in [0.25, 0.3) is 0 Å². The highest BCUT2D eigenvalue weighted by Gasteiger charge is 2.30. The molecule has 0 saturated carbocycles. The van der Waals surface area contributed by atoms with Crippen molar-refractivity contribution in [2.24, 2.45) is 0 Å². The maximum atomic E-state index is 11.1. The molecule has 10 heteroatoms. The maximum absolute atomic E-state index is 11.1. The summed E-state index contributed by atoms with van der Waals surface area (Å²) >= 11 is 3.05. The predicted octanol–water partition coefficient (Wildman–Crippen LogP) is 1.47. The molecule has 0 bridgehead atoms. The number of phosphoric acid groups is 1. The molecule has 0 radical (unpaired) electrons. The zero-order valence-electron chi connectivity index (χ0n) is 8.87. The van der Waals surface area contributed by atoms with E-state index in [4.69, 9.17) is 9.79 Å². The van der Waals surface area contributed by atoms with Crippen LogP contribution in [0.25, 0.3) is 0 Å². The van der Waals surface area contributed by atoms with Crippen molar-refractivity contribution in [3.63, 3.8) is 0 Å². The van der Waals surface area contributed by atoms with Gasteiger partial charge in [0.15, 0.2) is 0 Å². The topological polar surface area (TPSA) is 113 Å². The third-order valence-electron chi connectivity index (χ3n) is 1.44. The number of halogens is 1. The van der Waals surface area contributed by atoms with Crippen LogP contribution in [0.3, 0.4) is 0 Å². The Labute approximate surface area is 102 Å². The Kier molecular flexibility index (Phi) is 6.35. The molecule has 0 rings (SSSR count). The molecule has 0 aromatic carbocycles. The molecule has 0 aromatic heterocycles. The summed E-state index contributed by atoms with van der Waals surface area (Å²) in [6, 6.07) is 0. The van der Waals surface area contributed by atoms with E-state index in [1.165, 1.54) is 6.92 Å². The molecule has 3 unspecified atom stereocenters. The minimum absolute atomic E-state index is 0.0750. The minimum Gasteiger partial charge on any atom is -0.389 e. The highest BCUT2D eigenvalue weighted by atomic mass is 79.9. The fourth-order valence-corrected chi connectivity index (χ4v) is 2.99. The first-order chi connectivity index (χ1) is 6.97. The van der Waals surface area contributed by atoms with Crippen molar-refractivity contribution in [2.75, 3.05) is 18.6 Å². The van der Waals surface area contributed by atoms with Crippen molar-refractivity contribution in [3.05, 3.63) is 0 Å². The van der Waals surface area contributed by atoms with E-state index in [1.807, 2.05) is 0 Å². The molecule has 0 heterocycles. The van der Waals surface area contributed by atoms with Gasteiger partial charge in [-0.3, -0.25) is 9.09 Å². The largest absolute Gasteiger partial charge is 0.479 e. The Hall–Kier alpha value is 0.740. The zero-order chi connectivity index (χ0) is 13.0. The van der Waals surface area contributed by atoms with Crippen molar-refractivity contribution >= 4 is 31.3 Å². The van der Waals surface area contributed by atoms with Crippen molar-refractivity contribution < 1.29 is 32.9 Å². The molecule has 3 atom stereocenters. The molecule has 98 valence electrons. The van der Waals surface area contributed by atoms with Crippen LogP contribution in [0, 0.1) is 0 Å². The van der Waals surface area contributed by atoms with Crippen molar-refractivity contribution in [1.82, 2.24) is 0 Å². The number of alkyl halides is 1. The molecule has 0 aliphatic heterocycles. The van der Waals surface area contributed by atoms with Crippen LogP contribution >= 0.6 is 31.3 Å². The summed E-state index contributed by atoms with van der Waals surface area (Å²) in [5, 5.41) is 9.78. The van der Waals surface area contributed by atoms with E-state index in [1.54, 1.807) is 0 Å². The summed E-state index contributed by atoms with van der Waals surface area (Å²) in [4.78, 5) is 17.7. The standard InChI is InChI=1S/C6H15BrO7P2/c1-6(8,5-7)3-4-13-16(11,12)14-15(2,9)10/h8H,3-5H2,1-2H3,(H,9,10)(H,11,12). The van der Waals surface area contributed by atoms with E-state index in [-0.39, 0.29) is 18.4 Å². The maximum Gasteiger partial charge on any atom is 0.479 e. The van der Waals surface area contributed by atoms with Crippen LogP contribution in [-0.2, 0) is 18.0 Å². The molecular weight excluding hydrogens is 326 g/mol. The van der Waals surface area contributed by atoms with Crippen LogP contribution in [0.4, 0.5) is 0 Å². The van der Waals surface area contributed by atoms with Gasteiger partial charge in [0.1, 0.15) is 0 Å². The van der Waals surface area contributed by atoms with Crippen LogP contribution in [0.2, 0.25) is 0 Å². The second-order valence-electron chi connectivity index (χ2n) is 3.57. The van der Waals surface area contributed by atoms with Crippen molar-refractivity contribution in [2.45, 2.75) is 18.9 Å². The van der Waals surface area contributed by atoms with Gasteiger partial charge >= 0.3 is 15.4 Å². The number of aliphatic hydroxyl groups is 1. The highest BCUT2D eigenvalue weighted by molar-refractivity contribution is 9.09. The molecular formula is C6H15BrO7P2. The average molecular weight is 341 g/mol. The third kappa shape index (κ3) is 8.84. The lowest BCUT2D eigenvalue weighted by molar-refractivity contribution is 0.0559. The van der Waals surface area contributed by atoms with E-state index in [2.05, 4.69) is 24.8 Å². The summed E-state index contributed by atoms with van der Waals surface area (Å²) < 4.78 is 30.2. The van der Waals surface area contributed by atoms with Crippen LogP contribution in [-0.4, -0.2) is 39.1 Å². The zero-order valence-corrected chi connectivity index (χ0v) is 12.2. The lowest BCUT2D eigenvalue weighted by Gasteiger charge is -2.20. The van der Waals surface area contributed by atoms with Crippen molar-refractivity contribution in [3.8, 4) is 0 Å². The normalized spacial score (nSPS) is 23.1.